The third kappa shape index (κ3) is 53.2. The summed E-state index contributed by atoms with van der Waals surface area (Å²) in [4.78, 5) is 20.6. The zero-order valence-corrected chi connectivity index (χ0v) is 27.1. The fourth-order valence-electron chi connectivity index (χ4n) is 4.59. The standard InChI is InChI=1S/2C16H32O2.C2H8N2/c2*1-2-3-4-5-6-7-8-9-10-11-12-13-14-15-16(17)18;3-1-2-4/h2*2-15H2,1H3,(H,17,18);1-4H2. The number of carbonyl (C=O) groups is 2. The molecule has 0 aromatic heterocycles. The van der Waals surface area contributed by atoms with Crippen molar-refractivity contribution in [2.75, 3.05) is 13.1 Å². The minimum atomic E-state index is -0.655. The van der Waals surface area contributed by atoms with Crippen LogP contribution in [0.3, 0.4) is 0 Å². The van der Waals surface area contributed by atoms with Crippen molar-refractivity contribution in [3.05, 3.63) is 0 Å². The molecule has 6 heteroatoms. The molecule has 0 aliphatic rings. The highest BCUT2D eigenvalue weighted by atomic mass is 16.4. The summed E-state index contributed by atoms with van der Waals surface area (Å²) >= 11 is 0. The molecule has 0 rings (SSSR count). The minimum Gasteiger partial charge on any atom is -0.481 e. The summed E-state index contributed by atoms with van der Waals surface area (Å²) in [7, 11) is 0. The maximum Gasteiger partial charge on any atom is 0.303 e. The van der Waals surface area contributed by atoms with Gasteiger partial charge in [-0.1, -0.05) is 168 Å². The Kier molecular flexibility index (Phi) is 45.8. The van der Waals surface area contributed by atoms with Crippen LogP contribution in [0.15, 0.2) is 0 Å². The molecule has 0 aliphatic carbocycles. The normalized spacial score (nSPS) is 10.4. The number of rotatable bonds is 29. The summed E-state index contributed by atoms with van der Waals surface area (Å²) in [5.41, 5.74) is 9.81. The Labute approximate surface area is 249 Å². The average Bonchev–Trinajstić information content (AvgIpc) is 2.94. The van der Waals surface area contributed by atoms with Crippen molar-refractivity contribution in [2.45, 2.75) is 194 Å². The smallest absolute Gasteiger partial charge is 0.303 e. The van der Waals surface area contributed by atoms with Gasteiger partial charge in [0.15, 0.2) is 0 Å². The van der Waals surface area contributed by atoms with Gasteiger partial charge in [-0.2, -0.15) is 0 Å². The molecule has 40 heavy (non-hydrogen) atoms. The average molecular weight is 573 g/mol. The van der Waals surface area contributed by atoms with E-state index in [0.29, 0.717) is 25.9 Å². The molecule has 0 unspecified atom stereocenters. The Balaban J connectivity index is -0.000000603. The lowest BCUT2D eigenvalue weighted by molar-refractivity contribution is -0.138. The van der Waals surface area contributed by atoms with Gasteiger partial charge in [0.05, 0.1) is 0 Å². The van der Waals surface area contributed by atoms with E-state index >= 15 is 0 Å². The highest BCUT2D eigenvalue weighted by Crippen LogP contribution is 2.14. The summed E-state index contributed by atoms with van der Waals surface area (Å²) in [6.07, 6.45) is 34.5. The van der Waals surface area contributed by atoms with Gasteiger partial charge in [0.1, 0.15) is 0 Å². The predicted octanol–water partition coefficient (Wildman–Crippen LogP) is 10.0. The Morgan fingerprint density at radius 3 is 0.700 bits per heavy atom. The summed E-state index contributed by atoms with van der Waals surface area (Å²) in [5.74, 6) is -1.31. The molecule has 0 saturated carbocycles. The van der Waals surface area contributed by atoms with E-state index in [1.807, 2.05) is 0 Å². The second-order valence-corrected chi connectivity index (χ2v) is 11.4. The Morgan fingerprint density at radius 2 is 0.550 bits per heavy atom. The number of nitrogens with two attached hydrogens (primary N) is 2. The first-order chi connectivity index (χ1) is 19.5. The maximum atomic E-state index is 10.3. The lowest BCUT2D eigenvalue weighted by Gasteiger charge is -2.02. The largest absolute Gasteiger partial charge is 0.481 e. The van der Waals surface area contributed by atoms with E-state index < -0.39 is 11.9 Å². The summed E-state index contributed by atoms with van der Waals surface area (Å²) in [6, 6.07) is 0. The fourth-order valence-corrected chi connectivity index (χ4v) is 4.59. The molecular formula is C34H72N2O4. The molecule has 242 valence electrons. The summed E-state index contributed by atoms with van der Waals surface area (Å²) in [5, 5.41) is 17.0. The second-order valence-electron chi connectivity index (χ2n) is 11.4. The number of hydrogen-bond acceptors (Lipinski definition) is 4. The van der Waals surface area contributed by atoms with Crippen LogP contribution >= 0.6 is 0 Å². The van der Waals surface area contributed by atoms with Gasteiger partial charge in [-0.3, -0.25) is 9.59 Å². The SMILES string of the molecule is CCCCCCCCCCCCCCCC(=O)O.CCCCCCCCCCCCCCCC(=O)O.NCCN. The van der Waals surface area contributed by atoms with E-state index in [0.717, 1.165) is 25.7 Å². The molecule has 0 spiro atoms. The van der Waals surface area contributed by atoms with Crippen molar-refractivity contribution in [1.82, 2.24) is 0 Å². The third-order valence-corrected chi connectivity index (χ3v) is 7.16. The van der Waals surface area contributed by atoms with Crippen LogP contribution in [0.25, 0.3) is 0 Å². The lowest BCUT2D eigenvalue weighted by Crippen LogP contribution is -2.11. The van der Waals surface area contributed by atoms with Crippen molar-refractivity contribution in [1.29, 1.82) is 0 Å². The molecule has 0 fully saturated rings. The zero-order chi connectivity index (χ0) is 30.4. The van der Waals surface area contributed by atoms with Gasteiger partial charge in [-0.05, 0) is 12.8 Å². The van der Waals surface area contributed by atoms with Gasteiger partial charge < -0.3 is 21.7 Å². The first kappa shape index (κ1) is 43.3. The van der Waals surface area contributed by atoms with Crippen molar-refractivity contribution in [2.24, 2.45) is 11.5 Å². The molecule has 6 nitrogen and oxygen atoms in total. The van der Waals surface area contributed by atoms with Gasteiger partial charge in [0, 0.05) is 25.9 Å². The van der Waals surface area contributed by atoms with Crippen LogP contribution in [-0.4, -0.2) is 35.2 Å². The van der Waals surface area contributed by atoms with Crippen LogP contribution in [0.2, 0.25) is 0 Å². The number of hydrogen-bond donors (Lipinski definition) is 4. The number of aliphatic carboxylic acids is 2. The van der Waals surface area contributed by atoms with Crippen LogP contribution < -0.4 is 11.5 Å². The van der Waals surface area contributed by atoms with E-state index in [1.54, 1.807) is 0 Å². The second kappa shape index (κ2) is 42.3. The number of unbranched alkanes of at least 4 members (excludes halogenated alkanes) is 24. The molecule has 0 atom stereocenters. The Hall–Kier alpha value is -1.14. The van der Waals surface area contributed by atoms with E-state index in [4.69, 9.17) is 21.7 Å². The van der Waals surface area contributed by atoms with Gasteiger partial charge in [0.2, 0.25) is 0 Å². The van der Waals surface area contributed by atoms with Gasteiger partial charge in [-0.25, -0.2) is 0 Å². The monoisotopic (exact) mass is 573 g/mol. The molecular weight excluding hydrogens is 500 g/mol. The van der Waals surface area contributed by atoms with E-state index in [-0.39, 0.29) is 0 Å². The van der Waals surface area contributed by atoms with Crippen molar-refractivity contribution >= 4 is 11.9 Å². The van der Waals surface area contributed by atoms with Gasteiger partial charge >= 0.3 is 11.9 Å². The first-order valence-electron chi connectivity index (χ1n) is 17.3. The topological polar surface area (TPSA) is 127 Å². The van der Waals surface area contributed by atoms with Crippen LogP contribution in [0.4, 0.5) is 0 Å². The molecule has 0 radical (unpaired) electrons. The van der Waals surface area contributed by atoms with E-state index in [2.05, 4.69) is 13.8 Å². The highest BCUT2D eigenvalue weighted by Gasteiger charge is 1.98. The summed E-state index contributed by atoms with van der Waals surface area (Å²) < 4.78 is 0. The molecule has 0 aromatic carbocycles. The van der Waals surface area contributed by atoms with Crippen LogP contribution in [0.1, 0.15) is 194 Å². The quantitative estimate of drug-likeness (QED) is 0.0660. The highest BCUT2D eigenvalue weighted by molar-refractivity contribution is 5.66. The van der Waals surface area contributed by atoms with E-state index in [1.165, 1.54) is 141 Å². The molecule has 0 bridgehead atoms. The fraction of sp³-hybridized carbons (Fsp3) is 0.941. The molecule has 0 heterocycles. The Morgan fingerprint density at radius 1 is 0.375 bits per heavy atom. The van der Waals surface area contributed by atoms with Gasteiger partial charge in [0.25, 0.3) is 0 Å². The molecule has 0 saturated heterocycles. The third-order valence-electron chi connectivity index (χ3n) is 7.16. The van der Waals surface area contributed by atoms with E-state index in [9.17, 15) is 9.59 Å². The maximum absolute atomic E-state index is 10.3. The van der Waals surface area contributed by atoms with Crippen molar-refractivity contribution in [3.63, 3.8) is 0 Å². The Bertz CT molecular complexity index is 433. The number of carboxylic acid groups (broad SMARTS) is 2. The molecule has 0 amide bonds. The van der Waals surface area contributed by atoms with Crippen LogP contribution in [0.5, 0.6) is 0 Å². The summed E-state index contributed by atoms with van der Waals surface area (Å²) in [6.45, 7) is 5.72. The van der Waals surface area contributed by atoms with Crippen LogP contribution in [-0.2, 0) is 9.59 Å². The first-order valence-corrected chi connectivity index (χ1v) is 17.3. The van der Waals surface area contributed by atoms with Crippen LogP contribution in [0, 0.1) is 0 Å². The van der Waals surface area contributed by atoms with Crippen molar-refractivity contribution in [3.8, 4) is 0 Å². The molecule has 6 N–H and O–H groups in total. The molecule has 0 aromatic rings. The molecule has 0 aliphatic heterocycles. The number of carboxylic acids is 2. The minimum absolute atomic E-state index is 0.345. The van der Waals surface area contributed by atoms with Gasteiger partial charge in [-0.15, -0.1) is 0 Å². The lowest BCUT2D eigenvalue weighted by atomic mass is 10.0. The predicted molar refractivity (Wildman–Crippen MR) is 174 cm³/mol. The van der Waals surface area contributed by atoms with Crippen molar-refractivity contribution < 1.29 is 19.8 Å². The zero-order valence-electron chi connectivity index (χ0n) is 27.1.